The number of aromatic nitrogens is 2. The van der Waals surface area contributed by atoms with Crippen LogP contribution in [0.5, 0.6) is 0 Å². The number of sulfonamides is 1. The van der Waals surface area contributed by atoms with Crippen LogP contribution < -0.4 is 0 Å². The summed E-state index contributed by atoms with van der Waals surface area (Å²) in [6.07, 6.45) is 1.42. The number of rotatable bonds is 5. The van der Waals surface area contributed by atoms with Gasteiger partial charge in [-0.05, 0) is 25.0 Å². The third-order valence-electron chi connectivity index (χ3n) is 6.01. The molecule has 1 fully saturated rings. The van der Waals surface area contributed by atoms with Gasteiger partial charge in [-0.25, -0.2) is 22.2 Å². The van der Waals surface area contributed by atoms with Gasteiger partial charge in [-0.15, -0.1) is 0 Å². The Morgan fingerprint density at radius 1 is 1.00 bits per heavy atom. The van der Waals surface area contributed by atoms with Gasteiger partial charge in [0.05, 0.1) is 22.3 Å². The lowest BCUT2D eigenvalue weighted by atomic mass is 10.0. The molecule has 1 aliphatic rings. The number of piperazine rings is 1. The molecule has 0 N–H and O–H groups in total. The fourth-order valence-electron chi connectivity index (χ4n) is 4.16. The Hall–Kier alpha value is -2.85. The SMILES string of the molecule is Cc1ccc(S(=O)(=O)N2CCN(C(=O)C(C(C)C)n3cnc4cc(F)c(F)cc43)CC2)cc1. The van der Waals surface area contributed by atoms with Crippen molar-refractivity contribution in [2.75, 3.05) is 26.2 Å². The second-order valence-electron chi connectivity index (χ2n) is 8.64. The monoisotopic (exact) mass is 476 g/mol. The predicted molar refractivity (Wildman–Crippen MR) is 120 cm³/mol. The second-order valence-corrected chi connectivity index (χ2v) is 10.6. The molecule has 1 saturated heterocycles. The van der Waals surface area contributed by atoms with Gasteiger partial charge in [0.1, 0.15) is 6.04 Å². The molecule has 1 atom stereocenters. The first-order chi connectivity index (χ1) is 15.6. The molecule has 10 heteroatoms. The summed E-state index contributed by atoms with van der Waals surface area (Å²) in [5, 5.41) is 0. The van der Waals surface area contributed by atoms with Crippen LogP contribution in [-0.4, -0.2) is 59.3 Å². The number of imidazole rings is 1. The number of hydrogen-bond acceptors (Lipinski definition) is 4. The van der Waals surface area contributed by atoms with E-state index in [9.17, 15) is 22.0 Å². The maximum absolute atomic E-state index is 13.9. The minimum atomic E-state index is -3.64. The van der Waals surface area contributed by atoms with E-state index in [4.69, 9.17) is 0 Å². The van der Waals surface area contributed by atoms with E-state index in [-0.39, 0.29) is 48.4 Å². The number of carbonyl (C=O) groups is 1. The van der Waals surface area contributed by atoms with Crippen molar-refractivity contribution in [1.82, 2.24) is 18.8 Å². The molecule has 1 amide bonds. The van der Waals surface area contributed by atoms with Crippen molar-refractivity contribution in [3.8, 4) is 0 Å². The molecule has 4 rings (SSSR count). The maximum atomic E-state index is 13.9. The first kappa shape index (κ1) is 23.3. The largest absolute Gasteiger partial charge is 0.338 e. The zero-order valence-corrected chi connectivity index (χ0v) is 19.5. The predicted octanol–water partition coefficient (Wildman–Crippen LogP) is 3.35. The molecular weight excluding hydrogens is 450 g/mol. The number of amides is 1. The van der Waals surface area contributed by atoms with Crippen LogP contribution in [0.15, 0.2) is 47.6 Å². The highest BCUT2D eigenvalue weighted by Gasteiger charge is 2.35. The summed E-state index contributed by atoms with van der Waals surface area (Å²) < 4.78 is 56.3. The first-order valence-corrected chi connectivity index (χ1v) is 12.2. The summed E-state index contributed by atoms with van der Waals surface area (Å²) in [6.45, 7) is 6.46. The topological polar surface area (TPSA) is 75.5 Å². The fraction of sp³-hybridized carbons (Fsp3) is 0.391. The number of aryl methyl sites for hydroxylation is 1. The van der Waals surface area contributed by atoms with Crippen molar-refractivity contribution in [3.63, 3.8) is 0 Å². The smallest absolute Gasteiger partial charge is 0.246 e. The van der Waals surface area contributed by atoms with Gasteiger partial charge in [0.25, 0.3) is 0 Å². The molecule has 7 nitrogen and oxygen atoms in total. The average molecular weight is 477 g/mol. The molecule has 1 aromatic heterocycles. The van der Waals surface area contributed by atoms with Gasteiger partial charge in [0.2, 0.25) is 15.9 Å². The van der Waals surface area contributed by atoms with E-state index < -0.39 is 27.7 Å². The highest BCUT2D eigenvalue weighted by molar-refractivity contribution is 7.89. The second kappa shape index (κ2) is 8.83. The van der Waals surface area contributed by atoms with Crippen LogP contribution in [-0.2, 0) is 14.8 Å². The Morgan fingerprint density at radius 3 is 2.21 bits per heavy atom. The van der Waals surface area contributed by atoms with E-state index in [0.717, 1.165) is 17.7 Å². The van der Waals surface area contributed by atoms with Crippen molar-refractivity contribution in [2.45, 2.75) is 31.7 Å². The van der Waals surface area contributed by atoms with Crippen molar-refractivity contribution in [2.24, 2.45) is 5.92 Å². The number of hydrogen-bond donors (Lipinski definition) is 0. The van der Waals surface area contributed by atoms with Gasteiger partial charge in [-0.1, -0.05) is 31.5 Å². The lowest BCUT2D eigenvalue weighted by Crippen LogP contribution is -2.52. The van der Waals surface area contributed by atoms with Crippen LogP contribution in [0.4, 0.5) is 8.78 Å². The fourth-order valence-corrected chi connectivity index (χ4v) is 5.59. The van der Waals surface area contributed by atoms with E-state index >= 15 is 0 Å². The Bertz CT molecular complexity index is 1280. The molecule has 0 bridgehead atoms. The summed E-state index contributed by atoms with van der Waals surface area (Å²) in [6, 6.07) is 8.06. The lowest BCUT2D eigenvalue weighted by Gasteiger charge is -2.37. The molecule has 0 aliphatic carbocycles. The van der Waals surface area contributed by atoms with Crippen LogP contribution in [0.1, 0.15) is 25.5 Å². The Morgan fingerprint density at radius 2 is 1.61 bits per heavy atom. The number of halogens is 2. The van der Waals surface area contributed by atoms with Crippen molar-refractivity contribution in [1.29, 1.82) is 0 Å². The summed E-state index contributed by atoms with van der Waals surface area (Å²) >= 11 is 0. The minimum absolute atomic E-state index is 0.155. The highest BCUT2D eigenvalue weighted by atomic mass is 32.2. The van der Waals surface area contributed by atoms with Crippen LogP contribution in [0.3, 0.4) is 0 Å². The molecule has 3 aromatic rings. The molecule has 2 aromatic carbocycles. The third kappa shape index (κ3) is 4.37. The van der Waals surface area contributed by atoms with Gasteiger partial charge in [-0.2, -0.15) is 4.31 Å². The number of benzene rings is 2. The van der Waals surface area contributed by atoms with E-state index in [1.54, 1.807) is 33.7 Å². The summed E-state index contributed by atoms with van der Waals surface area (Å²) in [4.78, 5) is 19.4. The summed E-state index contributed by atoms with van der Waals surface area (Å²) in [5.41, 5.74) is 1.57. The third-order valence-corrected chi connectivity index (χ3v) is 7.92. The summed E-state index contributed by atoms with van der Waals surface area (Å²) in [5.74, 6) is -2.36. The van der Waals surface area contributed by atoms with Crippen LogP contribution >= 0.6 is 0 Å². The normalized spacial score (nSPS) is 16.5. The van der Waals surface area contributed by atoms with E-state index in [1.165, 1.54) is 10.6 Å². The zero-order valence-electron chi connectivity index (χ0n) is 18.7. The molecule has 0 radical (unpaired) electrons. The maximum Gasteiger partial charge on any atom is 0.246 e. The van der Waals surface area contributed by atoms with Crippen molar-refractivity contribution < 1.29 is 22.0 Å². The van der Waals surface area contributed by atoms with Crippen molar-refractivity contribution >= 4 is 27.0 Å². The molecule has 176 valence electrons. The molecule has 1 aliphatic heterocycles. The number of nitrogens with zero attached hydrogens (tertiary/aromatic N) is 4. The van der Waals surface area contributed by atoms with Gasteiger partial charge < -0.3 is 9.47 Å². The average Bonchev–Trinajstić information content (AvgIpc) is 3.16. The van der Waals surface area contributed by atoms with Crippen molar-refractivity contribution in [3.05, 3.63) is 59.9 Å². The molecular formula is C23H26F2N4O3S. The van der Waals surface area contributed by atoms with Crippen LogP contribution in [0.25, 0.3) is 11.0 Å². The zero-order chi connectivity index (χ0) is 23.9. The lowest BCUT2D eigenvalue weighted by molar-refractivity contribution is -0.137. The molecule has 1 unspecified atom stereocenters. The van der Waals surface area contributed by atoms with Gasteiger partial charge in [0, 0.05) is 38.3 Å². The first-order valence-electron chi connectivity index (χ1n) is 10.8. The molecule has 0 spiro atoms. The number of fused-ring (bicyclic) bond motifs is 1. The minimum Gasteiger partial charge on any atom is -0.338 e. The van der Waals surface area contributed by atoms with Crippen LogP contribution in [0.2, 0.25) is 0 Å². The Labute approximate surface area is 191 Å². The van der Waals surface area contributed by atoms with E-state index in [2.05, 4.69) is 4.98 Å². The van der Waals surface area contributed by atoms with E-state index in [1.807, 2.05) is 20.8 Å². The van der Waals surface area contributed by atoms with Gasteiger partial charge >= 0.3 is 0 Å². The molecule has 2 heterocycles. The molecule has 0 saturated carbocycles. The standard InChI is InChI=1S/C23H26F2N4O3S/c1-15(2)22(29-14-26-20-12-18(24)19(25)13-21(20)29)23(30)27-8-10-28(11-9-27)33(31,32)17-6-4-16(3)5-7-17/h4-7,12-15,22H,8-11H2,1-3H3. The van der Waals surface area contributed by atoms with E-state index in [0.29, 0.717) is 5.52 Å². The molecule has 33 heavy (non-hydrogen) atoms. The Balaban J connectivity index is 1.53. The van der Waals surface area contributed by atoms with Gasteiger partial charge in [-0.3, -0.25) is 4.79 Å². The van der Waals surface area contributed by atoms with Crippen LogP contribution in [0, 0.1) is 24.5 Å². The van der Waals surface area contributed by atoms with Gasteiger partial charge in [0.15, 0.2) is 11.6 Å². The quantitative estimate of drug-likeness (QED) is 0.566. The number of carbonyl (C=O) groups excluding carboxylic acids is 1. The summed E-state index contributed by atoms with van der Waals surface area (Å²) in [7, 11) is -3.64. The highest BCUT2D eigenvalue weighted by Crippen LogP contribution is 2.28. The Kier molecular flexibility index (Phi) is 6.24.